The third-order valence-corrected chi connectivity index (χ3v) is 4.50. The molecule has 0 saturated carbocycles. The summed E-state index contributed by atoms with van der Waals surface area (Å²) in [5.74, 6) is 1.38. The number of carbonyl (C=O) groups excluding carboxylic acids is 1. The van der Waals surface area contributed by atoms with Crippen LogP contribution in [0, 0.1) is 6.92 Å². The Morgan fingerprint density at radius 3 is 2.65 bits per heavy atom. The average Bonchev–Trinajstić information content (AvgIpc) is 2.66. The second kappa shape index (κ2) is 8.95. The van der Waals surface area contributed by atoms with Gasteiger partial charge in [-0.3, -0.25) is 4.79 Å². The van der Waals surface area contributed by atoms with Crippen LogP contribution in [0.5, 0.6) is 0 Å². The fraction of sp³-hybridized carbons (Fsp3) is 0.389. The monoisotopic (exact) mass is 419 g/mol. The molecule has 1 aromatic carbocycles. The summed E-state index contributed by atoms with van der Waals surface area (Å²) in [7, 11) is 0. The van der Waals surface area contributed by atoms with E-state index in [0.29, 0.717) is 37.8 Å². The number of amides is 1. The molecule has 2 N–H and O–H groups in total. The molecule has 1 aromatic heterocycles. The zero-order valence-electron chi connectivity index (χ0n) is 14.7. The number of ether oxygens (including phenoxy) is 1. The normalized spacial score (nSPS) is 14.2. The first-order chi connectivity index (χ1) is 12.6. The molecule has 138 valence electrons. The number of nitrogens with zero attached hydrogens (tertiary/aromatic N) is 3. The van der Waals surface area contributed by atoms with Gasteiger partial charge in [0.1, 0.15) is 5.82 Å². The van der Waals surface area contributed by atoms with Crippen LogP contribution in [-0.4, -0.2) is 55.3 Å². The molecule has 2 aromatic rings. The average molecular weight is 420 g/mol. The first-order valence-corrected chi connectivity index (χ1v) is 9.37. The van der Waals surface area contributed by atoms with E-state index in [-0.39, 0.29) is 5.91 Å². The number of nitrogens with one attached hydrogen (secondary N) is 2. The lowest BCUT2D eigenvalue weighted by molar-refractivity contribution is 0.0955. The van der Waals surface area contributed by atoms with E-state index >= 15 is 0 Å². The van der Waals surface area contributed by atoms with Gasteiger partial charge >= 0.3 is 0 Å². The van der Waals surface area contributed by atoms with Crippen LogP contribution in [-0.2, 0) is 4.74 Å². The molecule has 0 radical (unpaired) electrons. The van der Waals surface area contributed by atoms with Crippen LogP contribution in [0.3, 0.4) is 0 Å². The van der Waals surface area contributed by atoms with E-state index in [9.17, 15) is 4.79 Å². The molecule has 8 heteroatoms. The number of rotatable bonds is 6. The molecule has 1 fully saturated rings. The number of hydrogen-bond acceptors (Lipinski definition) is 6. The largest absolute Gasteiger partial charge is 0.378 e. The van der Waals surface area contributed by atoms with E-state index in [4.69, 9.17) is 4.74 Å². The summed E-state index contributed by atoms with van der Waals surface area (Å²) in [4.78, 5) is 23.3. The number of hydrogen-bond donors (Lipinski definition) is 2. The summed E-state index contributed by atoms with van der Waals surface area (Å²) in [6.07, 6.45) is 0. The molecule has 1 saturated heterocycles. The highest BCUT2D eigenvalue weighted by Crippen LogP contribution is 2.16. The molecule has 0 unspecified atom stereocenters. The molecule has 7 nitrogen and oxygen atoms in total. The molecular formula is C18H22BrN5O2. The molecule has 2 heterocycles. The van der Waals surface area contributed by atoms with Gasteiger partial charge in [0.15, 0.2) is 0 Å². The second-order valence-electron chi connectivity index (χ2n) is 5.98. The van der Waals surface area contributed by atoms with Gasteiger partial charge in [0, 0.05) is 48.0 Å². The Labute approximate surface area is 161 Å². The highest BCUT2D eigenvalue weighted by atomic mass is 79.9. The number of morpholine rings is 1. The van der Waals surface area contributed by atoms with Gasteiger partial charge < -0.3 is 20.3 Å². The van der Waals surface area contributed by atoms with E-state index in [1.54, 1.807) is 12.1 Å². The van der Waals surface area contributed by atoms with Crippen molar-refractivity contribution < 1.29 is 9.53 Å². The van der Waals surface area contributed by atoms with Crippen molar-refractivity contribution in [3.05, 3.63) is 46.1 Å². The highest BCUT2D eigenvalue weighted by Gasteiger charge is 2.14. The van der Waals surface area contributed by atoms with Crippen LogP contribution in [0.1, 0.15) is 16.1 Å². The van der Waals surface area contributed by atoms with E-state index in [2.05, 4.69) is 41.4 Å². The summed E-state index contributed by atoms with van der Waals surface area (Å²) in [5.41, 5.74) is 1.54. The van der Waals surface area contributed by atoms with Crippen molar-refractivity contribution in [2.24, 2.45) is 0 Å². The standard InChI is InChI=1S/C18H22BrN5O2/c1-13-12-16(24-8-10-26-11-9-24)23-18(22-13)21-7-6-20-17(25)14-2-4-15(19)5-3-14/h2-5,12H,6-11H2,1H3,(H,20,25)(H,21,22,23). The first-order valence-electron chi connectivity index (χ1n) is 8.58. The third-order valence-electron chi connectivity index (χ3n) is 3.98. The molecule has 26 heavy (non-hydrogen) atoms. The number of aryl methyl sites for hydroxylation is 1. The van der Waals surface area contributed by atoms with Crippen molar-refractivity contribution in [2.75, 3.05) is 49.6 Å². The summed E-state index contributed by atoms with van der Waals surface area (Å²) in [6.45, 7) is 6.08. The van der Waals surface area contributed by atoms with E-state index in [0.717, 1.165) is 29.1 Å². The molecular weight excluding hydrogens is 398 g/mol. The maximum absolute atomic E-state index is 12.1. The number of halogens is 1. The Balaban J connectivity index is 1.50. The van der Waals surface area contributed by atoms with Crippen LogP contribution in [0.4, 0.5) is 11.8 Å². The SMILES string of the molecule is Cc1cc(N2CCOCC2)nc(NCCNC(=O)c2ccc(Br)cc2)n1. The van der Waals surface area contributed by atoms with Crippen LogP contribution in [0.15, 0.2) is 34.8 Å². The minimum Gasteiger partial charge on any atom is -0.378 e. The Bertz CT molecular complexity index is 748. The fourth-order valence-corrected chi connectivity index (χ4v) is 2.90. The third kappa shape index (κ3) is 5.15. The van der Waals surface area contributed by atoms with Gasteiger partial charge in [0.25, 0.3) is 5.91 Å². The van der Waals surface area contributed by atoms with Crippen LogP contribution in [0.2, 0.25) is 0 Å². The van der Waals surface area contributed by atoms with Crippen molar-refractivity contribution in [3.8, 4) is 0 Å². The quantitative estimate of drug-likeness (QED) is 0.698. The van der Waals surface area contributed by atoms with Crippen molar-refractivity contribution in [2.45, 2.75) is 6.92 Å². The highest BCUT2D eigenvalue weighted by molar-refractivity contribution is 9.10. The van der Waals surface area contributed by atoms with Crippen LogP contribution in [0.25, 0.3) is 0 Å². The van der Waals surface area contributed by atoms with Crippen molar-refractivity contribution >= 4 is 33.6 Å². The molecule has 1 aliphatic rings. The summed E-state index contributed by atoms with van der Waals surface area (Å²) in [6, 6.07) is 9.24. The van der Waals surface area contributed by atoms with E-state index in [1.165, 1.54) is 0 Å². The van der Waals surface area contributed by atoms with Crippen molar-refractivity contribution in [1.29, 1.82) is 0 Å². The van der Waals surface area contributed by atoms with Gasteiger partial charge in [-0.2, -0.15) is 4.98 Å². The van der Waals surface area contributed by atoms with Gasteiger partial charge in [0.05, 0.1) is 13.2 Å². The topological polar surface area (TPSA) is 79.4 Å². The number of anilines is 2. The lowest BCUT2D eigenvalue weighted by Crippen LogP contribution is -2.37. The second-order valence-corrected chi connectivity index (χ2v) is 6.90. The molecule has 0 atom stereocenters. The Kier molecular flexibility index (Phi) is 6.40. The maximum Gasteiger partial charge on any atom is 0.251 e. The Morgan fingerprint density at radius 1 is 1.19 bits per heavy atom. The molecule has 3 rings (SSSR count). The molecule has 0 spiro atoms. The van der Waals surface area contributed by atoms with E-state index < -0.39 is 0 Å². The number of benzene rings is 1. The van der Waals surface area contributed by atoms with Gasteiger partial charge in [-0.05, 0) is 31.2 Å². The fourth-order valence-electron chi connectivity index (χ4n) is 2.64. The van der Waals surface area contributed by atoms with Crippen LogP contribution >= 0.6 is 15.9 Å². The number of carbonyl (C=O) groups is 1. The molecule has 0 aliphatic carbocycles. The summed E-state index contributed by atoms with van der Waals surface area (Å²) in [5, 5.41) is 6.06. The first kappa shape index (κ1) is 18.6. The Morgan fingerprint density at radius 2 is 1.92 bits per heavy atom. The van der Waals surface area contributed by atoms with Gasteiger partial charge in [0.2, 0.25) is 5.95 Å². The minimum absolute atomic E-state index is 0.0986. The van der Waals surface area contributed by atoms with E-state index in [1.807, 2.05) is 25.1 Å². The smallest absolute Gasteiger partial charge is 0.251 e. The molecule has 1 aliphatic heterocycles. The predicted octanol–water partition coefficient (Wildman–Crippen LogP) is 2.23. The Hall–Kier alpha value is -2.19. The predicted molar refractivity (Wildman–Crippen MR) is 105 cm³/mol. The zero-order chi connectivity index (χ0) is 18.4. The maximum atomic E-state index is 12.1. The summed E-state index contributed by atoms with van der Waals surface area (Å²) >= 11 is 3.36. The lowest BCUT2D eigenvalue weighted by Gasteiger charge is -2.28. The molecule has 0 bridgehead atoms. The van der Waals surface area contributed by atoms with Crippen molar-refractivity contribution in [1.82, 2.24) is 15.3 Å². The minimum atomic E-state index is -0.0986. The molecule has 1 amide bonds. The zero-order valence-corrected chi connectivity index (χ0v) is 16.3. The number of aromatic nitrogens is 2. The summed E-state index contributed by atoms with van der Waals surface area (Å²) < 4.78 is 6.33. The van der Waals surface area contributed by atoms with Crippen LogP contribution < -0.4 is 15.5 Å². The lowest BCUT2D eigenvalue weighted by atomic mass is 10.2. The van der Waals surface area contributed by atoms with Gasteiger partial charge in [-0.25, -0.2) is 4.98 Å². The van der Waals surface area contributed by atoms with Gasteiger partial charge in [-0.15, -0.1) is 0 Å². The van der Waals surface area contributed by atoms with Crippen molar-refractivity contribution in [3.63, 3.8) is 0 Å². The van der Waals surface area contributed by atoms with Gasteiger partial charge in [-0.1, -0.05) is 15.9 Å².